The number of aromatic hydroxyl groups is 2. The van der Waals surface area contributed by atoms with E-state index < -0.39 is 37.0 Å². The third-order valence-corrected chi connectivity index (χ3v) is 7.16. The Labute approximate surface area is 186 Å². The second-order valence-electron chi connectivity index (χ2n) is 6.06. The van der Waals surface area contributed by atoms with E-state index in [1.807, 2.05) is 0 Å². The Bertz CT molecular complexity index is 1200. The molecule has 0 aliphatic carbocycles. The second-order valence-corrected chi connectivity index (χ2v) is 9.25. The molecular formula is C19H12Cl4O5S. The van der Waals surface area contributed by atoms with Crippen LogP contribution < -0.4 is 0 Å². The van der Waals surface area contributed by atoms with Crippen molar-refractivity contribution in [1.82, 2.24) is 0 Å². The average Bonchev–Trinajstić information content (AvgIpc) is 2.64. The number of halogens is 4. The largest absolute Gasteiger partial charge is 0.507 e. The molecule has 152 valence electrons. The molecular weight excluding hydrogens is 482 g/mol. The SMILES string of the molecule is O=S(=O)(O)C(c1ccccc1)(c1ccc(Cl)cc1Cl)c1c(O)cc(Cl)c(Cl)c1O. The molecule has 3 rings (SSSR count). The molecule has 0 amide bonds. The first-order valence-corrected chi connectivity index (χ1v) is 10.9. The maximum atomic E-state index is 13.0. The van der Waals surface area contributed by atoms with Gasteiger partial charge in [0.15, 0.2) is 4.75 Å². The topological polar surface area (TPSA) is 94.8 Å². The fourth-order valence-corrected chi connectivity index (χ4v) is 5.54. The van der Waals surface area contributed by atoms with Crippen molar-refractivity contribution in [1.29, 1.82) is 0 Å². The zero-order chi connectivity index (χ0) is 21.6. The highest BCUT2D eigenvalue weighted by atomic mass is 35.5. The summed E-state index contributed by atoms with van der Waals surface area (Å²) < 4.78 is 33.8. The third kappa shape index (κ3) is 3.54. The maximum absolute atomic E-state index is 13.0. The molecule has 29 heavy (non-hydrogen) atoms. The fourth-order valence-electron chi connectivity index (χ4n) is 3.25. The molecule has 1 atom stereocenters. The Kier molecular flexibility index (Phi) is 5.98. The van der Waals surface area contributed by atoms with Crippen molar-refractivity contribution in [3.63, 3.8) is 0 Å². The summed E-state index contributed by atoms with van der Waals surface area (Å²) in [6.45, 7) is 0. The van der Waals surface area contributed by atoms with Crippen LogP contribution in [-0.4, -0.2) is 23.2 Å². The lowest BCUT2D eigenvalue weighted by atomic mass is 9.83. The van der Waals surface area contributed by atoms with Crippen LogP contribution in [0.1, 0.15) is 16.7 Å². The van der Waals surface area contributed by atoms with E-state index in [0.717, 1.165) is 6.07 Å². The normalized spacial score (nSPS) is 13.8. The van der Waals surface area contributed by atoms with Crippen LogP contribution in [0.2, 0.25) is 20.1 Å². The van der Waals surface area contributed by atoms with E-state index in [4.69, 9.17) is 46.4 Å². The molecule has 3 aromatic carbocycles. The van der Waals surface area contributed by atoms with Crippen LogP contribution in [0.3, 0.4) is 0 Å². The van der Waals surface area contributed by atoms with Crippen LogP contribution in [0.15, 0.2) is 54.6 Å². The van der Waals surface area contributed by atoms with Crippen molar-refractivity contribution >= 4 is 56.5 Å². The minimum Gasteiger partial charge on any atom is -0.507 e. The van der Waals surface area contributed by atoms with Gasteiger partial charge in [-0.05, 0) is 17.7 Å². The molecule has 0 aliphatic heterocycles. The van der Waals surface area contributed by atoms with Crippen molar-refractivity contribution in [3.05, 3.63) is 91.4 Å². The Morgan fingerprint density at radius 1 is 0.828 bits per heavy atom. The molecule has 3 aromatic rings. The van der Waals surface area contributed by atoms with Gasteiger partial charge in [-0.1, -0.05) is 82.8 Å². The quantitative estimate of drug-likeness (QED) is 0.311. The molecule has 0 fully saturated rings. The minimum atomic E-state index is -5.14. The Hall–Kier alpha value is -1.67. The molecule has 5 nitrogen and oxygen atoms in total. The number of benzene rings is 3. The van der Waals surface area contributed by atoms with Crippen molar-refractivity contribution < 1.29 is 23.2 Å². The van der Waals surface area contributed by atoms with E-state index in [-0.39, 0.29) is 26.2 Å². The van der Waals surface area contributed by atoms with Gasteiger partial charge in [0.05, 0.1) is 10.6 Å². The maximum Gasteiger partial charge on any atom is 0.283 e. The van der Waals surface area contributed by atoms with Crippen LogP contribution in [0.25, 0.3) is 0 Å². The predicted octanol–water partition coefficient (Wildman–Crippen LogP) is 5.89. The van der Waals surface area contributed by atoms with Gasteiger partial charge in [-0.2, -0.15) is 8.42 Å². The summed E-state index contributed by atoms with van der Waals surface area (Å²) in [6.07, 6.45) is 0. The van der Waals surface area contributed by atoms with Gasteiger partial charge < -0.3 is 10.2 Å². The lowest BCUT2D eigenvalue weighted by Gasteiger charge is -2.34. The van der Waals surface area contributed by atoms with Gasteiger partial charge in [0.2, 0.25) is 0 Å². The molecule has 0 saturated carbocycles. The number of phenols is 2. The van der Waals surface area contributed by atoms with Crippen LogP contribution in [0.4, 0.5) is 0 Å². The van der Waals surface area contributed by atoms with Gasteiger partial charge in [-0.15, -0.1) is 0 Å². The second kappa shape index (κ2) is 7.87. The van der Waals surface area contributed by atoms with Gasteiger partial charge in [-0.3, -0.25) is 4.55 Å². The minimum absolute atomic E-state index is 0.0179. The molecule has 0 aliphatic rings. The van der Waals surface area contributed by atoms with Gasteiger partial charge in [-0.25, -0.2) is 0 Å². The van der Waals surface area contributed by atoms with E-state index in [1.165, 1.54) is 42.5 Å². The van der Waals surface area contributed by atoms with Crippen molar-refractivity contribution in [2.75, 3.05) is 0 Å². The van der Waals surface area contributed by atoms with Crippen LogP contribution in [0, 0.1) is 0 Å². The molecule has 0 spiro atoms. The summed E-state index contributed by atoms with van der Waals surface area (Å²) in [6, 6.07) is 12.3. The first kappa shape index (κ1) is 22.0. The van der Waals surface area contributed by atoms with Crippen LogP contribution in [-0.2, 0) is 14.9 Å². The van der Waals surface area contributed by atoms with E-state index in [2.05, 4.69) is 0 Å². The molecule has 0 aromatic heterocycles. The molecule has 0 radical (unpaired) electrons. The van der Waals surface area contributed by atoms with Crippen LogP contribution in [0.5, 0.6) is 11.5 Å². The van der Waals surface area contributed by atoms with Crippen molar-refractivity contribution in [2.45, 2.75) is 4.75 Å². The summed E-state index contributed by atoms with van der Waals surface area (Å²) in [7, 11) is -5.14. The molecule has 10 heteroatoms. The summed E-state index contributed by atoms with van der Waals surface area (Å²) in [5.41, 5.74) is -0.790. The van der Waals surface area contributed by atoms with Crippen molar-refractivity contribution in [2.24, 2.45) is 0 Å². The zero-order valence-electron chi connectivity index (χ0n) is 14.3. The predicted molar refractivity (Wildman–Crippen MR) is 114 cm³/mol. The third-order valence-electron chi connectivity index (χ3n) is 4.40. The first-order valence-electron chi connectivity index (χ1n) is 7.90. The number of hydrogen-bond donors (Lipinski definition) is 3. The summed E-state index contributed by atoms with van der Waals surface area (Å²) >= 11 is 24.2. The molecule has 0 heterocycles. The summed E-state index contributed by atoms with van der Waals surface area (Å²) in [5.74, 6) is -1.55. The molecule has 0 saturated heterocycles. The molecule has 3 N–H and O–H groups in total. The lowest BCUT2D eigenvalue weighted by molar-refractivity contribution is 0.416. The van der Waals surface area contributed by atoms with E-state index in [9.17, 15) is 23.2 Å². The molecule has 0 bridgehead atoms. The van der Waals surface area contributed by atoms with E-state index in [0.29, 0.717) is 0 Å². The monoisotopic (exact) mass is 492 g/mol. The summed E-state index contributed by atoms with van der Waals surface area (Å²) in [5, 5.41) is 20.8. The summed E-state index contributed by atoms with van der Waals surface area (Å²) in [4.78, 5) is 0. The fraction of sp³-hybridized carbons (Fsp3) is 0.0526. The number of rotatable bonds is 4. The van der Waals surface area contributed by atoms with Gasteiger partial charge in [0, 0.05) is 21.7 Å². The van der Waals surface area contributed by atoms with Crippen molar-refractivity contribution in [3.8, 4) is 11.5 Å². The Morgan fingerprint density at radius 3 is 2.00 bits per heavy atom. The zero-order valence-corrected chi connectivity index (χ0v) is 18.1. The first-order chi connectivity index (χ1) is 13.5. The smallest absolute Gasteiger partial charge is 0.283 e. The average molecular weight is 494 g/mol. The van der Waals surface area contributed by atoms with Gasteiger partial charge in [0.25, 0.3) is 10.1 Å². The highest BCUT2D eigenvalue weighted by Gasteiger charge is 2.53. The Morgan fingerprint density at radius 2 is 1.45 bits per heavy atom. The van der Waals surface area contributed by atoms with Crippen LogP contribution >= 0.6 is 46.4 Å². The van der Waals surface area contributed by atoms with E-state index in [1.54, 1.807) is 6.07 Å². The number of hydrogen-bond acceptors (Lipinski definition) is 4. The van der Waals surface area contributed by atoms with E-state index >= 15 is 0 Å². The standard InChI is InChI=1S/C19H12Cl4O5S/c20-11-6-7-12(13(21)8-11)19(29(26,27)28,10-4-2-1-3-5-10)16-15(24)9-14(22)17(23)18(16)25/h1-9,24-25H,(H,26,27,28). The highest BCUT2D eigenvalue weighted by molar-refractivity contribution is 7.87. The Balaban J connectivity index is 2.65. The number of phenolic OH excluding ortho intramolecular Hbond substituents is 2. The van der Waals surface area contributed by atoms with Gasteiger partial charge in [0.1, 0.15) is 16.5 Å². The van der Waals surface area contributed by atoms with Gasteiger partial charge >= 0.3 is 0 Å². The highest BCUT2D eigenvalue weighted by Crippen LogP contribution is 2.55. The molecule has 1 unspecified atom stereocenters. The lowest BCUT2D eigenvalue weighted by Crippen LogP contribution is -2.38.